The SMILES string of the molecule is Ic1cccc2c(Nc3ccccc3)ccnc12. The highest BCUT2D eigenvalue weighted by Gasteiger charge is 2.04. The first-order valence-corrected chi connectivity index (χ1v) is 6.78. The number of hydrogen-bond donors (Lipinski definition) is 1. The Labute approximate surface area is 119 Å². The van der Waals surface area contributed by atoms with Crippen LogP contribution < -0.4 is 5.32 Å². The van der Waals surface area contributed by atoms with Gasteiger partial charge in [-0.25, -0.2) is 0 Å². The summed E-state index contributed by atoms with van der Waals surface area (Å²) in [6.07, 6.45) is 1.84. The number of hydrogen-bond acceptors (Lipinski definition) is 2. The Bertz CT molecular complexity index is 680. The molecule has 0 unspecified atom stereocenters. The molecule has 0 bridgehead atoms. The molecule has 1 N–H and O–H groups in total. The fourth-order valence-corrected chi connectivity index (χ4v) is 2.56. The predicted molar refractivity (Wildman–Crippen MR) is 84.2 cm³/mol. The van der Waals surface area contributed by atoms with Crippen molar-refractivity contribution in [3.63, 3.8) is 0 Å². The van der Waals surface area contributed by atoms with E-state index in [1.165, 1.54) is 3.57 Å². The summed E-state index contributed by atoms with van der Waals surface area (Å²) >= 11 is 2.32. The van der Waals surface area contributed by atoms with Gasteiger partial charge in [0.15, 0.2) is 0 Å². The zero-order valence-corrected chi connectivity index (χ0v) is 11.8. The third-order valence-corrected chi connectivity index (χ3v) is 3.65. The first-order valence-electron chi connectivity index (χ1n) is 5.70. The fourth-order valence-electron chi connectivity index (χ4n) is 1.93. The number of benzene rings is 2. The summed E-state index contributed by atoms with van der Waals surface area (Å²) in [6.45, 7) is 0. The topological polar surface area (TPSA) is 24.9 Å². The average molecular weight is 346 g/mol. The van der Waals surface area contributed by atoms with Crippen molar-refractivity contribution < 1.29 is 0 Å². The Balaban J connectivity index is 2.10. The molecule has 0 spiro atoms. The highest BCUT2D eigenvalue weighted by Crippen LogP contribution is 2.27. The van der Waals surface area contributed by atoms with Gasteiger partial charge in [-0.15, -0.1) is 0 Å². The van der Waals surface area contributed by atoms with E-state index in [0.717, 1.165) is 22.3 Å². The number of aromatic nitrogens is 1. The zero-order valence-electron chi connectivity index (χ0n) is 9.60. The molecule has 2 nitrogen and oxygen atoms in total. The van der Waals surface area contributed by atoms with Crippen molar-refractivity contribution in [1.29, 1.82) is 0 Å². The van der Waals surface area contributed by atoms with Crippen molar-refractivity contribution in [2.24, 2.45) is 0 Å². The molecule has 0 saturated heterocycles. The van der Waals surface area contributed by atoms with Crippen molar-refractivity contribution in [3.8, 4) is 0 Å². The van der Waals surface area contributed by atoms with Crippen LogP contribution in [0.2, 0.25) is 0 Å². The van der Waals surface area contributed by atoms with E-state index in [4.69, 9.17) is 0 Å². The van der Waals surface area contributed by atoms with Crippen LogP contribution in [0.4, 0.5) is 11.4 Å². The molecule has 0 fully saturated rings. The van der Waals surface area contributed by atoms with Gasteiger partial charge >= 0.3 is 0 Å². The lowest BCUT2D eigenvalue weighted by Gasteiger charge is -2.09. The van der Waals surface area contributed by atoms with Crippen LogP contribution in [0.5, 0.6) is 0 Å². The minimum atomic E-state index is 1.04. The summed E-state index contributed by atoms with van der Waals surface area (Å²) in [7, 11) is 0. The van der Waals surface area contributed by atoms with Gasteiger partial charge in [0.25, 0.3) is 0 Å². The summed E-state index contributed by atoms with van der Waals surface area (Å²) in [6, 6.07) is 18.4. The summed E-state index contributed by atoms with van der Waals surface area (Å²) in [4.78, 5) is 4.44. The van der Waals surface area contributed by atoms with E-state index in [2.05, 4.69) is 63.2 Å². The van der Waals surface area contributed by atoms with Crippen molar-refractivity contribution in [2.75, 3.05) is 5.32 Å². The Kier molecular flexibility index (Phi) is 3.15. The number of anilines is 2. The quantitative estimate of drug-likeness (QED) is 0.687. The van der Waals surface area contributed by atoms with Crippen LogP contribution in [0.3, 0.4) is 0 Å². The molecule has 88 valence electrons. The number of rotatable bonds is 2. The van der Waals surface area contributed by atoms with Gasteiger partial charge in [0.2, 0.25) is 0 Å². The smallest absolute Gasteiger partial charge is 0.0856 e. The molecule has 0 aliphatic heterocycles. The highest BCUT2D eigenvalue weighted by molar-refractivity contribution is 14.1. The molecule has 18 heavy (non-hydrogen) atoms. The van der Waals surface area contributed by atoms with Crippen LogP contribution in [-0.2, 0) is 0 Å². The van der Waals surface area contributed by atoms with E-state index in [9.17, 15) is 0 Å². The van der Waals surface area contributed by atoms with Crippen LogP contribution in [0, 0.1) is 3.57 Å². The standard InChI is InChI=1S/C15H11IN2/c16-13-8-4-7-12-14(9-10-17-15(12)13)18-11-5-2-1-3-6-11/h1-10H,(H,17,18). The monoisotopic (exact) mass is 346 g/mol. The lowest BCUT2D eigenvalue weighted by molar-refractivity contribution is 1.39. The Morgan fingerprint density at radius 1 is 0.889 bits per heavy atom. The molecule has 2 aromatic carbocycles. The third kappa shape index (κ3) is 2.18. The second-order valence-corrected chi connectivity index (χ2v) is 5.15. The van der Waals surface area contributed by atoms with Crippen molar-refractivity contribution in [3.05, 3.63) is 64.4 Å². The van der Waals surface area contributed by atoms with E-state index in [1.54, 1.807) is 0 Å². The largest absolute Gasteiger partial charge is 0.355 e. The van der Waals surface area contributed by atoms with Gasteiger partial charge in [0.05, 0.1) is 5.52 Å². The number of nitrogens with one attached hydrogen (secondary N) is 1. The minimum absolute atomic E-state index is 1.04. The van der Waals surface area contributed by atoms with Crippen LogP contribution in [-0.4, -0.2) is 4.98 Å². The van der Waals surface area contributed by atoms with E-state index < -0.39 is 0 Å². The Hall–Kier alpha value is -1.62. The minimum Gasteiger partial charge on any atom is -0.355 e. The van der Waals surface area contributed by atoms with Gasteiger partial charge < -0.3 is 5.32 Å². The van der Waals surface area contributed by atoms with Crippen molar-refractivity contribution in [2.45, 2.75) is 0 Å². The zero-order chi connectivity index (χ0) is 12.4. The van der Waals surface area contributed by atoms with Gasteiger partial charge in [0, 0.05) is 26.5 Å². The molecule has 3 aromatic rings. The predicted octanol–water partition coefficient (Wildman–Crippen LogP) is 4.58. The molecule has 0 amide bonds. The van der Waals surface area contributed by atoms with Gasteiger partial charge in [-0.05, 0) is 46.9 Å². The van der Waals surface area contributed by atoms with Crippen LogP contribution >= 0.6 is 22.6 Å². The van der Waals surface area contributed by atoms with Gasteiger partial charge in [0.1, 0.15) is 0 Å². The maximum atomic E-state index is 4.44. The third-order valence-electron chi connectivity index (χ3n) is 2.77. The summed E-state index contributed by atoms with van der Waals surface area (Å²) in [5.41, 5.74) is 3.22. The van der Waals surface area contributed by atoms with Crippen LogP contribution in [0.1, 0.15) is 0 Å². The molecular weight excluding hydrogens is 335 g/mol. The van der Waals surface area contributed by atoms with Gasteiger partial charge in [-0.1, -0.05) is 30.3 Å². The molecule has 0 atom stereocenters. The van der Waals surface area contributed by atoms with Crippen LogP contribution in [0.15, 0.2) is 60.8 Å². The lowest BCUT2D eigenvalue weighted by atomic mass is 10.2. The second-order valence-electron chi connectivity index (χ2n) is 3.99. The molecule has 1 aromatic heterocycles. The summed E-state index contributed by atoms with van der Waals surface area (Å²) in [5.74, 6) is 0. The van der Waals surface area contributed by atoms with Crippen molar-refractivity contribution >= 4 is 44.9 Å². The molecule has 0 aliphatic rings. The first kappa shape index (κ1) is 11.5. The fraction of sp³-hybridized carbons (Fsp3) is 0. The number of para-hydroxylation sites is 2. The Morgan fingerprint density at radius 3 is 2.56 bits per heavy atom. The number of nitrogens with zero attached hydrogens (tertiary/aromatic N) is 1. The van der Waals surface area contributed by atoms with Crippen LogP contribution in [0.25, 0.3) is 10.9 Å². The van der Waals surface area contributed by atoms with E-state index in [0.29, 0.717) is 0 Å². The molecular formula is C15H11IN2. The van der Waals surface area contributed by atoms with Crippen molar-refractivity contribution in [1.82, 2.24) is 4.98 Å². The lowest BCUT2D eigenvalue weighted by Crippen LogP contribution is -1.93. The molecule has 0 radical (unpaired) electrons. The molecule has 1 heterocycles. The molecule has 0 saturated carbocycles. The maximum absolute atomic E-state index is 4.44. The summed E-state index contributed by atoms with van der Waals surface area (Å²) < 4.78 is 1.17. The first-order chi connectivity index (χ1) is 8.84. The normalized spacial score (nSPS) is 10.5. The van der Waals surface area contributed by atoms with E-state index >= 15 is 0 Å². The number of pyridine rings is 1. The molecule has 3 rings (SSSR count). The number of fused-ring (bicyclic) bond motifs is 1. The highest BCUT2D eigenvalue weighted by atomic mass is 127. The second kappa shape index (κ2) is 4.94. The summed E-state index contributed by atoms with van der Waals surface area (Å²) in [5, 5.41) is 4.58. The van der Waals surface area contributed by atoms with E-state index in [1.807, 2.05) is 30.5 Å². The number of halogens is 1. The molecule has 3 heteroatoms. The Morgan fingerprint density at radius 2 is 1.72 bits per heavy atom. The maximum Gasteiger partial charge on any atom is 0.0856 e. The molecule has 0 aliphatic carbocycles. The average Bonchev–Trinajstić information content (AvgIpc) is 2.41. The van der Waals surface area contributed by atoms with E-state index in [-0.39, 0.29) is 0 Å². The van der Waals surface area contributed by atoms with Gasteiger partial charge in [-0.3, -0.25) is 4.98 Å². The van der Waals surface area contributed by atoms with Gasteiger partial charge in [-0.2, -0.15) is 0 Å².